The van der Waals surface area contributed by atoms with E-state index in [0.717, 1.165) is 43.4 Å². The van der Waals surface area contributed by atoms with Gasteiger partial charge in [0.15, 0.2) is 0 Å². The zero-order chi connectivity index (χ0) is 18.9. The summed E-state index contributed by atoms with van der Waals surface area (Å²) in [5, 5.41) is 11.8. The van der Waals surface area contributed by atoms with Gasteiger partial charge in [-0.1, -0.05) is 36.7 Å². The van der Waals surface area contributed by atoms with Crippen molar-refractivity contribution in [2.75, 3.05) is 36.0 Å². The van der Waals surface area contributed by atoms with Gasteiger partial charge in [0, 0.05) is 42.8 Å². The lowest BCUT2D eigenvalue weighted by Crippen LogP contribution is -2.43. The largest absolute Gasteiger partial charge is 0.385 e. The molecule has 0 spiro atoms. The summed E-state index contributed by atoms with van der Waals surface area (Å²) in [6.07, 6.45) is 5.45. The maximum absolute atomic E-state index is 11.1. The maximum atomic E-state index is 11.1. The summed E-state index contributed by atoms with van der Waals surface area (Å²) in [5.41, 5.74) is -0.0375. The number of aliphatic hydroxyl groups is 1. The third kappa shape index (κ3) is 3.90. The lowest BCUT2D eigenvalue weighted by molar-refractivity contribution is 0.0117. The summed E-state index contributed by atoms with van der Waals surface area (Å²) in [4.78, 5) is 13.6. The van der Waals surface area contributed by atoms with E-state index in [9.17, 15) is 5.11 Å². The van der Waals surface area contributed by atoms with E-state index >= 15 is 0 Å². The standard InChI is InChI=1S/C21H27ClN4O/c1-16-5-4-10-26(14-16)20-13-19(23-15-24-20)25-11-8-21(27,9-12-25)17-6-2-3-7-18(17)22/h2-3,6-7,13,15-16,27H,4-5,8-12,14H2,1H3. The first-order valence-electron chi connectivity index (χ1n) is 9.84. The Bertz CT molecular complexity index is 791. The maximum Gasteiger partial charge on any atom is 0.134 e. The molecule has 0 bridgehead atoms. The van der Waals surface area contributed by atoms with Crippen LogP contribution in [-0.4, -0.2) is 41.3 Å². The summed E-state index contributed by atoms with van der Waals surface area (Å²) in [5.74, 6) is 2.66. The molecule has 6 heteroatoms. The molecule has 3 heterocycles. The van der Waals surface area contributed by atoms with Crippen LogP contribution in [0.15, 0.2) is 36.7 Å². The molecule has 144 valence electrons. The Morgan fingerprint density at radius 3 is 2.48 bits per heavy atom. The molecule has 1 aromatic carbocycles. The topological polar surface area (TPSA) is 52.5 Å². The summed E-state index contributed by atoms with van der Waals surface area (Å²) in [6.45, 7) is 5.91. The van der Waals surface area contributed by atoms with Gasteiger partial charge in [0.05, 0.1) is 5.60 Å². The lowest BCUT2D eigenvalue weighted by Gasteiger charge is -2.39. The number of benzene rings is 1. The van der Waals surface area contributed by atoms with Gasteiger partial charge >= 0.3 is 0 Å². The normalized spacial score (nSPS) is 22.7. The minimum Gasteiger partial charge on any atom is -0.385 e. The van der Waals surface area contributed by atoms with E-state index in [-0.39, 0.29) is 0 Å². The summed E-state index contributed by atoms with van der Waals surface area (Å²) >= 11 is 6.32. The second-order valence-electron chi connectivity index (χ2n) is 7.93. The van der Waals surface area contributed by atoms with E-state index < -0.39 is 5.60 Å². The Balaban J connectivity index is 1.47. The van der Waals surface area contributed by atoms with Crippen LogP contribution in [0.1, 0.15) is 38.2 Å². The molecule has 2 aromatic rings. The number of halogens is 1. The predicted molar refractivity (Wildman–Crippen MR) is 109 cm³/mol. The molecular weight excluding hydrogens is 360 g/mol. The Hall–Kier alpha value is -1.85. The highest BCUT2D eigenvalue weighted by atomic mass is 35.5. The molecule has 1 atom stereocenters. The molecule has 5 nitrogen and oxygen atoms in total. The molecule has 4 rings (SSSR count). The lowest BCUT2D eigenvalue weighted by atomic mass is 9.84. The van der Waals surface area contributed by atoms with Crippen molar-refractivity contribution < 1.29 is 5.11 Å². The SMILES string of the molecule is CC1CCCN(c2cc(N3CCC(O)(c4ccccc4Cl)CC3)ncn2)C1. The van der Waals surface area contributed by atoms with Crippen molar-refractivity contribution in [3.8, 4) is 0 Å². The van der Waals surface area contributed by atoms with Gasteiger partial charge in [0.2, 0.25) is 0 Å². The highest BCUT2D eigenvalue weighted by molar-refractivity contribution is 6.31. The van der Waals surface area contributed by atoms with Gasteiger partial charge in [-0.2, -0.15) is 0 Å². The zero-order valence-electron chi connectivity index (χ0n) is 15.8. The van der Waals surface area contributed by atoms with E-state index in [0.29, 0.717) is 23.8 Å². The van der Waals surface area contributed by atoms with Crippen LogP contribution in [0.4, 0.5) is 11.6 Å². The third-order valence-electron chi connectivity index (χ3n) is 5.91. The van der Waals surface area contributed by atoms with Gasteiger partial charge in [-0.25, -0.2) is 9.97 Å². The summed E-state index contributed by atoms with van der Waals surface area (Å²) in [7, 11) is 0. The fourth-order valence-corrected chi connectivity index (χ4v) is 4.61. The third-order valence-corrected chi connectivity index (χ3v) is 6.24. The summed E-state index contributed by atoms with van der Waals surface area (Å²) < 4.78 is 0. The van der Waals surface area contributed by atoms with Crippen molar-refractivity contribution in [3.63, 3.8) is 0 Å². The fraction of sp³-hybridized carbons (Fsp3) is 0.524. The van der Waals surface area contributed by atoms with Gasteiger partial charge in [0.25, 0.3) is 0 Å². The molecule has 2 saturated heterocycles. The second kappa shape index (κ2) is 7.64. The minimum atomic E-state index is -0.868. The average molecular weight is 387 g/mol. The smallest absolute Gasteiger partial charge is 0.134 e. The van der Waals surface area contributed by atoms with Crippen molar-refractivity contribution in [2.24, 2.45) is 5.92 Å². The monoisotopic (exact) mass is 386 g/mol. The molecule has 0 amide bonds. The van der Waals surface area contributed by atoms with Crippen molar-refractivity contribution in [2.45, 2.75) is 38.2 Å². The van der Waals surface area contributed by atoms with Crippen LogP contribution in [0, 0.1) is 5.92 Å². The van der Waals surface area contributed by atoms with Crippen molar-refractivity contribution in [1.82, 2.24) is 9.97 Å². The molecule has 0 saturated carbocycles. The number of piperidine rings is 2. The van der Waals surface area contributed by atoms with Crippen LogP contribution in [-0.2, 0) is 5.60 Å². The number of nitrogens with zero attached hydrogens (tertiary/aromatic N) is 4. The molecule has 1 aromatic heterocycles. The average Bonchev–Trinajstić information content (AvgIpc) is 2.69. The second-order valence-corrected chi connectivity index (χ2v) is 8.33. The van der Waals surface area contributed by atoms with Crippen LogP contribution in [0.25, 0.3) is 0 Å². The van der Waals surface area contributed by atoms with Crippen molar-refractivity contribution >= 4 is 23.2 Å². The van der Waals surface area contributed by atoms with E-state index in [1.54, 1.807) is 6.33 Å². The highest BCUT2D eigenvalue weighted by Gasteiger charge is 2.36. The Morgan fingerprint density at radius 2 is 1.78 bits per heavy atom. The molecule has 1 unspecified atom stereocenters. The van der Waals surface area contributed by atoms with Gasteiger partial charge in [-0.15, -0.1) is 0 Å². The minimum absolute atomic E-state index is 0.636. The van der Waals surface area contributed by atoms with Crippen molar-refractivity contribution in [3.05, 3.63) is 47.2 Å². The number of rotatable bonds is 3. The predicted octanol–water partition coefficient (Wildman–Crippen LogP) is 3.85. The van der Waals surface area contributed by atoms with Gasteiger partial charge < -0.3 is 14.9 Å². The van der Waals surface area contributed by atoms with Gasteiger partial charge in [-0.05, 0) is 37.7 Å². The fourth-order valence-electron chi connectivity index (χ4n) is 4.29. The number of hydrogen-bond donors (Lipinski definition) is 1. The number of aromatic nitrogens is 2. The van der Waals surface area contributed by atoms with Crippen LogP contribution >= 0.6 is 11.6 Å². The first kappa shape index (κ1) is 18.5. The first-order valence-corrected chi connectivity index (χ1v) is 10.2. The van der Waals surface area contributed by atoms with Crippen LogP contribution in [0.5, 0.6) is 0 Å². The molecular formula is C21H27ClN4O. The van der Waals surface area contributed by atoms with E-state index in [2.05, 4.69) is 32.8 Å². The molecule has 27 heavy (non-hydrogen) atoms. The van der Waals surface area contributed by atoms with E-state index in [1.807, 2.05) is 24.3 Å². The number of hydrogen-bond acceptors (Lipinski definition) is 5. The first-order chi connectivity index (χ1) is 13.0. The molecule has 2 aliphatic rings. The van der Waals surface area contributed by atoms with Crippen molar-refractivity contribution in [1.29, 1.82) is 0 Å². The van der Waals surface area contributed by atoms with Gasteiger partial charge in [0.1, 0.15) is 18.0 Å². The Kier molecular flexibility index (Phi) is 5.24. The Labute approximate surface area is 166 Å². The van der Waals surface area contributed by atoms with Crippen LogP contribution in [0.3, 0.4) is 0 Å². The molecule has 0 radical (unpaired) electrons. The molecule has 1 N–H and O–H groups in total. The zero-order valence-corrected chi connectivity index (χ0v) is 16.6. The van der Waals surface area contributed by atoms with E-state index in [4.69, 9.17) is 11.6 Å². The van der Waals surface area contributed by atoms with Gasteiger partial charge in [-0.3, -0.25) is 0 Å². The van der Waals surface area contributed by atoms with E-state index in [1.165, 1.54) is 12.8 Å². The highest BCUT2D eigenvalue weighted by Crippen LogP contribution is 2.37. The number of anilines is 2. The quantitative estimate of drug-likeness (QED) is 0.868. The molecule has 0 aliphatic carbocycles. The van der Waals surface area contributed by atoms with Crippen LogP contribution < -0.4 is 9.80 Å². The molecule has 2 aliphatic heterocycles. The van der Waals surface area contributed by atoms with Crippen LogP contribution in [0.2, 0.25) is 5.02 Å². The molecule has 2 fully saturated rings. The Morgan fingerprint density at radius 1 is 1.07 bits per heavy atom. The summed E-state index contributed by atoms with van der Waals surface area (Å²) in [6, 6.07) is 9.70.